The van der Waals surface area contributed by atoms with Crippen molar-refractivity contribution in [1.29, 1.82) is 0 Å². The second kappa shape index (κ2) is 7.97. The zero-order valence-corrected chi connectivity index (χ0v) is 19.6. The van der Waals surface area contributed by atoms with Gasteiger partial charge in [0.2, 0.25) is 0 Å². The standard InChI is InChI=1S/C27H31N5O/c1-18(2)19-7-9-21(10-8-19)27(33,26(3)16-32(4)17-26)22-12-20(14-28-15-22)24-13-25(31-30-24)23-6-5-11-29-23/h5-15,18,29,33H,16-17H2,1-4H3,(H,30,31)/t27-/m0/s1. The molecule has 4 heterocycles. The fraction of sp³-hybridized carbons (Fsp3) is 0.333. The molecule has 0 bridgehead atoms. The highest BCUT2D eigenvalue weighted by molar-refractivity contribution is 5.66. The lowest BCUT2D eigenvalue weighted by Crippen LogP contribution is -2.63. The number of aliphatic hydroxyl groups is 1. The molecule has 1 aromatic carbocycles. The van der Waals surface area contributed by atoms with E-state index in [0.717, 1.165) is 46.9 Å². The Balaban J connectivity index is 1.58. The number of benzene rings is 1. The molecule has 3 N–H and O–H groups in total. The fourth-order valence-corrected chi connectivity index (χ4v) is 5.23. The Morgan fingerprint density at radius 2 is 1.79 bits per heavy atom. The van der Waals surface area contributed by atoms with Gasteiger partial charge in [0, 0.05) is 48.2 Å². The minimum atomic E-state index is -1.17. The first-order chi connectivity index (χ1) is 15.8. The molecule has 33 heavy (non-hydrogen) atoms. The summed E-state index contributed by atoms with van der Waals surface area (Å²) in [6.07, 6.45) is 5.48. The van der Waals surface area contributed by atoms with Gasteiger partial charge in [-0.25, -0.2) is 0 Å². The van der Waals surface area contributed by atoms with E-state index in [1.54, 1.807) is 12.4 Å². The van der Waals surface area contributed by atoms with Gasteiger partial charge >= 0.3 is 0 Å². The number of likely N-dealkylation sites (tertiary alicyclic amines) is 1. The zero-order valence-electron chi connectivity index (χ0n) is 19.6. The van der Waals surface area contributed by atoms with Crippen molar-refractivity contribution in [2.24, 2.45) is 5.41 Å². The number of H-pyrrole nitrogens is 2. The summed E-state index contributed by atoms with van der Waals surface area (Å²) >= 11 is 0. The number of pyridine rings is 1. The minimum absolute atomic E-state index is 0.331. The molecule has 3 aromatic heterocycles. The third kappa shape index (κ3) is 3.59. The number of hydrogen-bond donors (Lipinski definition) is 3. The molecule has 0 aliphatic carbocycles. The van der Waals surface area contributed by atoms with Crippen LogP contribution in [0.25, 0.3) is 22.6 Å². The molecule has 1 aliphatic rings. The first-order valence-electron chi connectivity index (χ1n) is 11.5. The summed E-state index contributed by atoms with van der Waals surface area (Å²) in [6, 6.07) is 16.4. The van der Waals surface area contributed by atoms with Crippen molar-refractivity contribution in [3.63, 3.8) is 0 Å². The fourth-order valence-electron chi connectivity index (χ4n) is 5.23. The lowest BCUT2D eigenvalue weighted by molar-refractivity contribution is -0.127. The Hall–Kier alpha value is -3.22. The second-order valence-corrected chi connectivity index (χ2v) is 9.93. The molecule has 0 saturated carbocycles. The molecule has 0 amide bonds. The van der Waals surface area contributed by atoms with Gasteiger partial charge in [-0.1, -0.05) is 45.0 Å². The average Bonchev–Trinajstić information content (AvgIpc) is 3.50. The molecular formula is C27H31N5O. The highest BCUT2D eigenvalue weighted by atomic mass is 16.3. The molecule has 1 saturated heterocycles. The van der Waals surface area contributed by atoms with E-state index in [-0.39, 0.29) is 5.41 Å². The molecule has 0 radical (unpaired) electrons. The molecule has 170 valence electrons. The van der Waals surface area contributed by atoms with Crippen LogP contribution in [0.3, 0.4) is 0 Å². The van der Waals surface area contributed by atoms with E-state index >= 15 is 0 Å². The molecule has 1 fully saturated rings. The Kier molecular flexibility index (Phi) is 5.22. The van der Waals surface area contributed by atoms with E-state index in [0.29, 0.717) is 5.92 Å². The van der Waals surface area contributed by atoms with Crippen molar-refractivity contribution in [2.75, 3.05) is 20.1 Å². The number of nitrogens with one attached hydrogen (secondary N) is 2. The van der Waals surface area contributed by atoms with Gasteiger partial charge in [-0.3, -0.25) is 10.1 Å². The normalized spacial score (nSPS) is 17.6. The molecule has 6 nitrogen and oxygen atoms in total. The van der Waals surface area contributed by atoms with E-state index < -0.39 is 5.60 Å². The molecule has 5 rings (SSSR count). The number of aromatic nitrogens is 4. The van der Waals surface area contributed by atoms with Crippen molar-refractivity contribution < 1.29 is 5.11 Å². The van der Waals surface area contributed by atoms with Crippen molar-refractivity contribution in [1.82, 2.24) is 25.1 Å². The van der Waals surface area contributed by atoms with Crippen molar-refractivity contribution in [3.8, 4) is 22.6 Å². The summed E-state index contributed by atoms with van der Waals surface area (Å²) in [7, 11) is 2.09. The largest absolute Gasteiger partial charge is 0.380 e. The highest BCUT2D eigenvalue weighted by Gasteiger charge is 2.55. The minimum Gasteiger partial charge on any atom is -0.380 e. The van der Waals surface area contributed by atoms with Crippen LogP contribution < -0.4 is 0 Å². The molecule has 6 heteroatoms. The van der Waals surface area contributed by atoms with Crippen LogP contribution >= 0.6 is 0 Å². The molecule has 1 atom stereocenters. The lowest BCUT2D eigenvalue weighted by atomic mass is 9.62. The van der Waals surface area contributed by atoms with Gasteiger partial charge in [0.25, 0.3) is 0 Å². The van der Waals surface area contributed by atoms with Crippen LogP contribution in [-0.4, -0.2) is 50.3 Å². The predicted molar refractivity (Wildman–Crippen MR) is 131 cm³/mol. The van der Waals surface area contributed by atoms with Crippen LogP contribution in [0.4, 0.5) is 0 Å². The molecule has 0 unspecified atom stereocenters. The number of rotatable bonds is 6. The van der Waals surface area contributed by atoms with Crippen LogP contribution in [0.2, 0.25) is 0 Å². The van der Waals surface area contributed by atoms with Gasteiger partial charge in [-0.15, -0.1) is 0 Å². The van der Waals surface area contributed by atoms with Gasteiger partial charge in [0.15, 0.2) is 0 Å². The number of hydrogen-bond acceptors (Lipinski definition) is 4. The Morgan fingerprint density at radius 1 is 1.03 bits per heavy atom. The summed E-state index contributed by atoms with van der Waals surface area (Å²) in [6.45, 7) is 8.14. The average molecular weight is 442 g/mol. The van der Waals surface area contributed by atoms with Crippen molar-refractivity contribution >= 4 is 0 Å². The first-order valence-corrected chi connectivity index (χ1v) is 11.5. The molecular weight excluding hydrogens is 410 g/mol. The summed E-state index contributed by atoms with van der Waals surface area (Å²) in [5, 5.41) is 20.0. The van der Waals surface area contributed by atoms with Gasteiger partial charge in [-0.05, 0) is 48.4 Å². The van der Waals surface area contributed by atoms with Gasteiger partial charge in [0.05, 0.1) is 17.1 Å². The number of nitrogens with zero attached hydrogens (tertiary/aromatic N) is 3. The Bertz CT molecular complexity index is 1240. The third-order valence-corrected chi connectivity index (χ3v) is 7.02. The van der Waals surface area contributed by atoms with Crippen LogP contribution in [0.15, 0.2) is 67.1 Å². The summed E-state index contributed by atoms with van der Waals surface area (Å²) < 4.78 is 0. The van der Waals surface area contributed by atoms with Gasteiger partial charge in [0.1, 0.15) is 5.60 Å². The van der Waals surface area contributed by atoms with Crippen molar-refractivity contribution in [3.05, 3.63) is 83.8 Å². The van der Waals surface area contributed by atoms with Crippen LogP contribution in [0.1, 0.15) is 43.4 Å². The maximum absolute atomic E-state index is 12.4. The monoisotopic (exact) mass is 441 g/mol. The van der Waals surface area contributed by atoms with E-state index in [1.165, 1.54) is 5.56 Å². The van der Waals surface area contributed by atoms with E-state index in [1.807, 2.05) is 30.5 Å². The molecule has 4 aromatic rings. The van der Waals surface area contributed by atoms with Gasteiger partial charge in [-0.2, -0.15) is 5.10 Å². The maximum atomic E-state index is 12.4. The van der Waals surface area contributed by atoms with Crippen molar-refractivity contribution in [2.45, 2.75) is 32.3 Å². The smallest absolute Gasteiger partial charge is 0.124 e. The van der Waals surface area contributed by atoms with E-state index in [4.69, 9.17) is 0 Å². The van der Waals surface area contributed by atoms with Gasteiger partial charge < -0.3 is 15.0 Å². The topological polar surface area (TPSA) is 80.8 Å². The number of aromatic amines is 2. The zero-order chi connectivity index (χ0) is 23.2. The maximum Gasteiger partial charge on any atom is 0.124 e. The second-order valence-electron chi connectivity index (χ2n) is 9.93. The Morgan fingerprint density at radius 3 is 2.42 bits per heavy atom. The van der Waals surface area contributed by atoms with Crippen LogP contribution in [0, 0.1) is 5.41 Å². The SMILES string of the molecule is CC(C)c1ccc([C@](O)(c2cncc(-c3cc(-c4ccc[nH]4)[nH]n3)c2)C2(C)CN(C)C2)cc1. The highest BCUT2D eigenvalue weighted by Crippen LogP contribution is 2.50. The molecule has 1 aliphatic heterocycles. The van der Waals surface area contributed by atoms with E-state index in [9.17, 15) is 5.11 Å². The van der Waals surface area contributed by atoms with Crippen LogP contribution in [-0.2, 0) is 5.60 Å². The van der Waals surface area contributed by atoms with E-state index in [2.05, 4.69) is 77.1 Å². The van der Waals surface area contributed by atoms with Crippen LogP contribution in [0.5, 0.6) is 0 Å². The molecule has 0 spiro atoms. The quantitative estimate of drug-likeness (QED) is 0.402. The summed E-state index contributed by atoms with van der Waals surface area (Å²) in [4.78, 5) is 9.96. The first kappa shape index (κ1) is 21.6. The lowest BCUT2D eigenvalue weighted by Gasteiger charge is -2.55. The predicted octanol–water partition coefficient (Wildman–Crippen LogP) is 4.78. The third-order valence-electron chi connectivity index (χ3n) is 7.02. The summed E-state index contributed by atoms with van der Waals surface area (Å²) in [5.41, 5.74) is 5.00. The Labute approximate surface area is 194 Å². The summed E-state index contributed by atoms with van der Waals surface area (Å²) in [5.74, 6) is 0.441.